The van der Waals surface area contributed by atoms with E-state index in [1.165, 1.54) is 0 Å². The van der Waals surface area contributed by atoms with E-state index in [-0.39, 0.29) is 23.5 Å². The SMILES string of the molecule is Cc1cccc(NC(N)=NCCS(=O)(=O)C2CC2)c1. The van der Waals surface area contributed by atoms with Crippen LogP contribution in [0.3, 0.4) is 0 Å². The predicted molar refractivity (Wildman–Crippen MR) is 78.1 cm³/mol. The summed E-state index contributed by atoms with van der Waals surface area (Å²) >= 11 is 0. The zero-order valence-electron chi connectivity index (χ0n) is 11.0. The van der Waals surface area contributed by atoms with Gasteiger partial charge in [-0.25, -0.2) is 8.42 Å². The van der Waals surface area contributed by atoms with E-state index in [9.17, 15) is 8.42 Å². The molecule has 3 N–H and O–H groups in total. The minimum atomic E-state index is -2.95. The third-order valence-electron chi connectivity index (χ3n) is 2.98. The molecule has 0 bridgehead atoms. The molecule has 1 aromatic rings. The van der Waals surface area contributed by atoms with Crippen LogP contribution in [-0.4, -0.2) is 31.9 Å². The average Bonchev–Trinajstić information content (AvgIpc) is 3.12. The predicted octanol–water partition coefficient (Wildman–Crippen LogP) is 1.30. The van der Waals surface area contributed by atoms with Crippen LogP contribution in [0.2, 0.25) is 0 Å². The molecular weight excluding hydrogens is 262 g/mol. The number of nitrogens with zero attached hydrogens (tertiary/aromatic N) is 1. The van der Waals surface area contributed by atoms with Crippen LogP contribution in [0.1, 0.15) is 18.4 Å². The summed E-state index contributed by atoms with van der Waals surface area (Å²) < 4.78 is 23.3. The van der Waals surface area contributed by atoms with E-state index in [0.29, 0.717) is 0 Å². The molecule has 0 saturated heterocycles. The Morgan fingerprint density at radius 2 is 2.21 bits per heavy atom. The molecule has 1 saturated carbocycles. The van der Waals surface area contributed by atoms with Gasteiger partial charge in [-0.1, -0.05) is 12.1 Å². The number of aryl methyl sites for hydroxylation is 1. The number of nitrogens with two attached hydrogens (primary N) is 1. The smallest absolute Gasteiger partial charge is 0.193 e. The molecule has 1 aromatic carbocycles. The first-order valence-corrected chi connectivity index (χ1v) is 8.04. The number of nitrogens with one attached hydrogen (secondary N) is 1. The number of aliphatic imine (C=N–C) groups is 1. The number of anilines is 1. The standard InChI is InChI=1S/C13H19N3O2S/c1-10-3-2-4-11(9-10)16-13(14)15-7-8-19(17,18)12-5-6-12/h2-4,9,12H,5-8H2,1H3,(H3,14,15,16). The second kappa shape index (κ2) is 5.61. The third kappa shape index (κ3) is 4.24. The van der Waals surface area contributed by atoms with E-state index in [4.69, 9.17) is 5.73 Å². The van der Waals surface area contributed by atoms with E-state index in [0.717, 1.165) is 24.1 Å². The van der Waals surface area contributed by atoms with Crippen molar-refractivity contribution in [3.8, 4) is 0 Å². The highest BCUT2D eigenvalue weighted by Crippen LogP contribution is 2.28. The molecule has 1 aliphatic rings. The molecule has 0 heterocycles. The second-order valence-electron chi connectivity index (χ2n) is 4.83. The Hall–Kier alpha value is -1.56. The highest BCUT2D eigenvalue weighted by Gasteiger charge is 2.34. The summed E-state index contributed by atoms with van der Waals surface area (Å²) in [4.78, 5) is 4.05. The van der Waals surface area contributed by atoms with E-state index < -0.39 is 9.84 Å². The first-order chi connectivity index (χ1) is 8.97. The highest BCUT2D eigenvalue weighted by molar-refractivity contribution is 7.92. The lowest BCUT2D eigenvalue weighted by molar-refractivity contribution is 0.594. The quantitative estimate of drug-likeness (QED) is 0.629. The van der Waals surface area contributed by atoms with Gasteiger partial charge in [0.05, 0.1) is 17.5 Å². The first kappa shape index (κ1) is 13.9. The molecule has 0 atom stereocenters. The Bertz CT molecular complexity index is 577. The van der Waals surface area contributed by atoms with Crippen molar-refractivity contribution >= 4 is 21.5 Å². The van der Waals surface area contributed by atoms with Gasteiger partial charge in [-0.2, -0.15) is 0 Å². The maximum atomic E-state index is 11.6. The van der Waals surface area contributed by atoms with E-state index in [1.54, 1.807) is 0 Å². The summed E-state index contributed by atoms with van der Waals surface area (Å²) in [6.45, 7) is 2.20. The zero-order chi connectivity index (χ0) is 13.9. The van der Waals surface area contributed by atoms with Gasteiger partial charge in [-0.05, 0) is 37.5 Å². The Balaban J connectivity index is 1.86. The summed E-state index contributed by atoms with van der Waals surface area (Å²) in [7, 11) is -2.95. The van der Waals surface area contributed by atoms with Gasteiger partial charge in [0, 0.05) is 5.69 Å². The van der Waals surface area contributed by atoms with Crippen LogP contribution in [0.5, 0.6) is 0 Å². The second-order valence-corrected chi connectivity index (χ2v) is 7.23. The molecule has 0 radical (unpaired) electrons. The molecular formula is C13H19N3O2S. The van der Waals surface area contributed by atoms with Crippen LogP contribution >= 0.6 is 0 Å². The third-order valence-corrected chi connectivity index (χ3v) is 5.22. The molecule has 6 heteroatoms. The molecule has 2 rings (SSSR count). The Labute approximate surface area is 113 Å². The summed E-state index contributed by atoms with van der Waals surface area (Å²) in [5, 5.41) is 2.82. The largest absolute Gasteiger partial charge is 0.370 e. The van der Waals surface area contributed by atoms with Crippen molar-refractivity contribution in [3.63, 3.8) is 0 Å². The normalized spacial score (nSPS) is 16.4. The molecule has 1 fully saturated rings. The van der Waals surface area contributed by atoms with Gasteiger partial charge in [-0.15, -0.1) is 0 Å². The van der Waals surface area contributed by atoms with Crippen LogP contribution in [0.15, 0.2) is 29.3 Å². The first-order valence-electron chi connectivity index (χ1n) is 6.32. The van der Waals surface area contributed by atoms with Crippen LogP contribution in [-0.2, 0) is 9.84 Å². The van der Waals surface area contributed by atoms with Gasteiger partial charge in [0.15, 0.2) is 15.8 Å². The number of hydrogen-bond acceptors (Lipinski definition) is 3. The van der Waals surface area contributed by atoms with Crippen LogP contribution < -0.4 is 11.1 Å². The Morgan fingerprint density at radius 3 is 2.84 bits per heavy atom. The summed E-state index contributed by atoms with van der Waals surface area (Å²) in [5.74, 6) is 0.324. The lowest BCUT2D eigenvalue weighted by Gasteiger charge is -2.06. The Morgan fingerprint density at radius 1 is 1.47 bits per heavy atom. The Kier molecular flexibility index (Phi) is 4.09. The van der Waals surface area contributed by atoms with Gasteiger partial charge < -0.3 is 11.1 Å². The maximum Gasteiger partial charge on any atom is 0.193 e. The molecule has 104 valence electrons. The molecule has 5 nitrogen and oxygen atoms in total. The lowest BCUT2D eigenvalue weighted by Crippen LogP contribution is -2.24. The fourth-order valence-corrected chi connectivity index (χ4v) is 3.33. The topological polar surface area (TPSA) is 84.5 Å². The van der Waals surface area contributed by atoms with Crippen molar-refractivity contribution in [2.45, 2.75) is 25.0 Å². The number of hydrogen-bond donors (Lipinski definition) is 2. The van der Waals surface area contributed by atoms with E-state index in [2.05, 4.69) is 10.3 Å². The number of sulfone groups is 1. The molecule has 0 aliphatic heterocycles. The highest BCUT2D eigenvalue weighted by atomic mass is 32.2. The monoisotopic (exact) mass is 281 g/mol. The number of benzene rings is 1. The van der Waals surface area contributed by atoms with Crippen molar-refractivity contribution in [3.05, 3.63) is 29.8 Å². The van der Waals surface area contributed by atoms with Gasteiger partial charge >= 0.3 is 0 Å². The van der Waals surface area contributed by atoms with Crippen LogP contribution in [0, 0.1) is 6.92 Å². The minimum absolute atomic E-state index is 0.0772. The van der Waals surface area contributed by atoms with Gasteiger partial charge in [0.25, 0.3) is 0 Å². The van der Waals surface area contributed by atoms with Crippen molar-refractivity contribution in [2.24, 2.45) is 10.7 Å². The number of rotatable bonds is 5. The van der Waals surface area contributed by atoms with Crippen LogP contribution in [0.25, 0.3) is 0 Å². The summed E-state index contributed by atoms with van der Waals surface area (Å²) in [5.41, 5.74) is 7.69. The van der Waals surface area contributed by atoms with Crippen molar-refractivity contribution in [1.82, 2.24) is 0 Å². The fraction of sp³-hybridized carbons (Fsp3) is 0.462. The molecule has 19 heavy (non-hydrogen) atoms. The lowest BCUT2D eigenvalue weighted by atomic mass is 10.2. The van der Waals surface area contributed by atoms with Crippen LogP contribution in [0.4, 0.5) is 5.69 Å². The van der Waals surface area contributed by atoms with Gasteiger partial charge in [0.2, 0.25) is 0 Å². The van der Waals surface area contributed by atoms with Crippen molar-refractivity contribution in [2.75, 3.05) is 17.6 Å². The van der Waals surface area contributed by atoms with Gasteiger partial charge in [-0.3, -0.25) is 4.99 Å². The zero-order valence-corrected chi connectivity index (χ0v) is 11.8. The molecule has 1 aliphatic carbocycles. The molecule has 0 aromatic heterocycles. The van der Waals surface area contributed by atoms with E-state index >= 15 is 0 Å². The fourth-order valence-electron chi connectivity index (χ4n) is 1.80. The minimum Gasteiger partial charge on any atom is -0.370 e. The van der Waals surface area contributed by atoms with Crippen molar-refractivity contribution < 1.29 is 8.42 Å². The molecule has 0 amide bonds. The van der Waals surface area contributed by atoms with Crippen molar-refractivity contribution in [1.29, 1.82) is 0 Å². The summed E-state index contributed by atoms with van der Waals surface area (Å²) in [6, 6.07) is 7.74. The average molecular weight is 281 g/mol. The van der Waals surface area contributed by atoms with E-state index in [1.807, 2.05) is 31.2 Å². The maximum absolute atomic E-state index is 11.6. The number of guanidine groups is 1. The molecule has 0 spiro atoms. The van der Waals surface area contributed by atoms with Gasteiger partial charge in [0.1, 0.15) is 0 Å². The summed E-state index contributed by atoms with van der Waals surface area (Å²) in [6.07, 6.45) is 1.59. The molecule has 0 unspecified atom stereocenters.